The van der Waals surface area contributed by atoms with Crippen LogP contribution in [-0.4, -0.2) is 18.1 Å². The van der Waals surface area contributed by atoms with E-state index in [4.69, 9.17) is 11.6 Å². The largest absolute Gasteiger partial charge is 0.357 e. The average Bonchev–Trinajstić information content (AvgIpc) is 2.26. The maximum absolute atomic E-state index is 5.79. The van der Waals surface area contributed by atoms with Gasteiger partial charge in [0.05, 0.1) is 0 Å². The molecule has 0 aliphatic carbocycles. The summed E-state index contributed by atoms with van der Waals surface area (Å²) in [5.41, 5.74) is 2.27. The molecule has 0 aliphatic rings. The molecule has 0 radical (unpaired) electrons. The van der Waals surface area contributed by atoms with Gasteiger partial charge in [-0.05, 0) is 37.0 Å². The lowest BCUT2D eigenvalue weighted by molar-refractivity contribution is 0.502. The van der Waals surface area contributed by atoms with Gasteiger partial charge in [-0.3, -0.25) is 0 Å². The zero-order chi connectivity index (χ0) is 12.3. The van der Waals surface area contributed by atoms with Crippen molar-refractivity contribution >= 4 is 17.4 Å². The highest BCUT2D eigenvalue weighted by atomic mass is 35.5. The van der Waals surface area contributed by atoms with Crippen molar-refractivity contribution in [3.8, 4) is 0 Å². The maximum Gasteiger partial charge on any atom is 0.131 e. The van der Waals surface area contributed by atoms with Crippen LogP contribution in [0.15, 0.2) is 12.3 Å². The molecule has 3 heteroatoms. The van der Waals surface area contributed by atoms with E-state index in [1.807, 2.05) is 6.20 Å². The van der Waals surface area contributed by atoms with E-state index in [1.54, 1.807) is 0 Å². The van der Waals surface area contributed by atoms with Crippen LogP contribution in [0.2, 0.25) is 0 Å². The van der Waals surface area contributed by atoms with Gasteiger partial charge >= 0.3 is 0 Å². The lowest BCUT2D eigenvalue weighted by atomic mass is 10.0. The summed E-state index contributed by atoms with van der Waals surface area (Å²) in [4.78, 5) is 6.73. The molecular formula is C13H21ClN2. The number of rotatable bonds is 4. The summed E-state index contributed by atoms with van der Waals surface area (Å²) in [5, 5.41) is 0. The fraction of sp³-hybridized carbons (Fsp3) is 0.615. The Morgan fingerprint density at radius 2 is 2.00 bits per heavy atom. The Labute approximate surface area is 104 Å². The second kappa shape index (κ2) is 5.53. The number of nitrogens with zero attached hydrogens (tertiary/aromatic N) is 2. The molecule has 1 unspecified atom stereocenters. The molecule has 0 amide bonds. The van der Waals surface area contributed by atoms with Crippen LogP contribution in [-0.2, 0) is 5.88 Å². The van der Waals surface area contributed by atoms with Crippen molar-refractivity contribution in [3.05, 3.63) is 23.4 Å². The van der Waals surface area contributed by atoms with Crippen LogP contribution in [0.25, 0.3) is 0 Å². The maximum atomic E-state index is 5.79. The molecule has 90 valence electrons. The molecule has 0 aliphatic heterocycles. The van der Waals surface area contributed by atoms with Gasteiger partial charge in [-0.25, -0.2) is 4.98 Å². The molecule has 1 atom stereocenters. The predicted molar refractivity (Wildman–Crippen MR) is 71.2 cm³/mol. The van der Waals surface area contributed by atoms with Gasteiger partial charge in [-0.15, -0.1) is 11.6 Å². The first-order valence-corrected chi connectivity index (χ1v) is 6.25. The van der Waals surface area contributed by atoms with Crippen molar-refractivity contribution in [1.82, 2.24) is 4.98 Å². The van der Waals surface area contributed by atoms with Crippen molar-refractivity contribution in [2.24, 2.45) is 5.92 Å². The van der Waals surface area contributed by atoms with Crippen LogP contribution in [0.5, 0.6) is 0 Å². The summed E-state index contributed by atoms with van der Waals surface area (Å²) >= 11 is 5.79. The van der Waals surface area contributed by atoms with E-state index >= 15 is 0 Å². The van der Waals surface area contributed by atoms with E-state index in [9.17, 15) is 0 Å². The van der Waals surface area contributed by atoms with Gasteiger partial charge in [0.25, 0.3) is 0 Å². The summed E-state index contributed by atoms with van der Waals surface area (Å²) in [6.07, 6.45) is 1.86. The SMILES string of the molecule is Cc1cc(CCl)cnc1N(C)C(C)C(C)C. The molecular weight excluding hydrogens is 220 g/mol. The van der Waals surface area contributed by atoms with Crippen LogP contribution < -0.4 is 4.90 Å². The van der Waals surface area contributed by atoms with Gasteiger partial charge < -0.3 is 4.90 Å². The number of alkyl halides is 1. The molecule has 0 spiro atoms. The van der Waals surface area contributed by atoms with Gasteiger partial charge in [0.15, 0.2) is 0 Å². The molecule has 0 fully saturated rings. The lowest BCUT2D eigenvalue weighted by Gasteiger charge is -2.30. The summed E-state index contributed by atoms with van der Waals surface area (Å²) in [7, 11) is 2.10. The Morgan fingerprint density at radius 3 is 2.44 bits per heavy atom. The van der Waals surface area contributed by atoms with Crippen molar-refractivity contribution in [3.63, 3.8) is 0 Å². The first-order chi connectivity index (χ1) is 7.47. The van der Waals surface area contributed by atoms with Crippen molar-refractivity contribution in [1.29, 1.82) is 0 Å². The van der Waals surface area contributed by atoms with E-state index in [-0.39, 0.29) is 0 Å². The molecule has 1 aromatic heterocycles. The lowest BCUT2D eigenvalue weighted by Crippen LogP contribution is -2.34. The monoisotopic (exact) mass is 240 g/mol. The number of aryl methyl sites for hydroxylation is 1. The van der Waals surface area contributed by atoms with Crippen molar-refractivity contribution < 1.29 is 0 Å². The van der Waals surface area contributed by atoms with Gasteiger partial charge in [0, 0.05) is 25.2 Å². The van der Waals surface area contributed by atoms with Crippen molar-refractivity contribution in [2.45, 2.75) is 39.6 Å². The first-order valence-electron chi connectivity index (χ1n) is 5.71. The molecule has 1 rings (SSSR count). The molecule has 0 aromatic carbocycles. The second-order valence-electron chi connectivity index (χ2n) is 4.71. The van der Waals surface area contributed by atoms with E-state index < -0.39 is 0 Å². The Morgan fingerprint density at radius 1 is 1.38 bits per heavy atom. The highest BCUT2D eigenvalue weighted by Crippen LogP contribution is 2.21. The van der Waals surface area contributed by atoms with E-state index in [0.29, 0.717) is 17.8 Å². The number of aromatic nitrogens is 1. The van der Waals surface area contributed by atoms with Crippen LogP contribution in [0.4, 0.5) is 5.82 Å². The molecule has 0 bridgehead atoms. The fourth-order valence-corrected chi connectivity index (χ4v) is 1.85. The molecule has 1 aromatic rings. The number of hydrogen-bond donors (Lipinski definition) is 0. The minimum Gasteiger partial charge on any atom is -0.357 e. The summed E-state index contributed by atoms with van der Waals surface area (Å²) in [6.45, 7) is 8.76. The second-order valence-corrected chi connectivity index (χ2v) is 4.98. The van der Waals surface area contributed by atoms with Crippen LogP contribution >= 0.6 is 11.6 Å². The van der Waals surface area contributed by atoms with E-state index in [0.717, 1.165) is 11.4 Å². The quantitative estimate of drug-likeness (QED) is 0.748. The third kappa shape index (κ3) is 2.88. The number of hydrogen-bond acceptors (Lipinski definition) is 2. The van der Waals surface area contributed by atoms with E-state index in [1.165, 1.54) is 5.56 Å². The molecule has 0 N–H and O–H groups in total. The summed E-state index contributed by atoms with van der Waals surface area (Å²) < 4.78 is 0. The summed E-state index contributed by atoms with van der Waals surface area (Å²) in [5.74, 6) is 2.19. The molecule has 0 saturated carbocycles. The van der Waals surface area contributed by atoms with Gasteiger partial charge in [-0.1, -0.05) is 13.8 Å². The normalized spacial score (nSPS) is 12.9. The van der Waals surface area contributed by atoms with Crippen LogP contribution in [0, 0.1) is 12.8 Å². The highest BCUT2D eigenvalue weighted by Gasteiger charge is 2.16. The minimum absolute atomic E-state index is 0.480. The van der Waals surface area contributed by atoms with Gasteiger partial charge in [0.1, 0.15) is 5.82 Å². The van der Waals surface area contributed by atoms with Gasteiger partial charge in [0.2, 0.25) is 0 Å². The first kappa shape index (κ1) is 13.3. The van der Waals surface area contributed by atoms with Gasteiger partial charge in [-0.2, -0.15) is 0 Å². The van der Waals surface area contributed by atoms with Crippen LogP contribution in [0.1, 0.15) is 31.9 Å². The standard InChI is InChI=1S/C13H21ClN2/c1-9(2)11(4)16(5)13-10(3)6-12(7-14)8-15-13/h6,8-9,11H,7H2,1-5H3. The average molecular weight is 241 g/mol. The Kier molecular flexibility index (Phi) is 4.60. The zero-order valence-corrected chi connectivity index (χ0v) is 11.5. The zero-order valence-electron chi connectivity index (χ0n) is 10.8. The molecule has 1 heterocycles. The Hall–Kier alpha value is -0.760. The van der Waals surface area contributed by atoms with Crippen LogP contribution in [0.3, 0.4) is 0 Å². The highest BCUT2D eigenvalue weighted by molar-refractivity contribution is 6.17. The Bertz CT molecular complexity index is 350. The Balaban J connectivity index is 2.96. The summed E-state index contributed by atoms with van der Waals surface area (Å²) in [6, 6.07) is 2.59. The predicted octanol–water partition coefficient (Wildman–Crippen LogP) is 3.61. The molecule has 0 saturated heterocycles. The number of anilines is 1. The number of halogens is 1. The van der Waals surface area contributed by atoms with E-state index in [2.05, 4.69) is 50.7 Å². The smallest absolute Gasteiger partial charge is 0.131 e. The fourth-order valence-electron chi connectivity index (χ4n) is 1.71. The molecule has 2 nitrogen and oxygen atoms in total. The third-order valence-electron chi connectivity index (χ3n) is 3.17. The third-order valence-corrected chi connectivity index (χ3v) is 3.48. The number of pyridine rings is 1. The van der Waals surface area contributed by atoms with Crippen molar-refractivity contribution in [2.75, 3.05) is 11.9 Å². The minimum atomic E-state index is 0.480. The topological polar surface area (TPSA) is 16.1 Å². The molecule has 16 heavy (non-hydrogen) atoms.